The van der Waals surface area contributed by atoms with Gasteiger partial charge < -0.3 is 4.74 Å². The van der Waals surface area contributed by atoms with E-state index in [0.29, 0.717) is 23.0 Å². The number of methoxy groups -OCH3 is 1. The third-order valence-electron chi connectivity index (χ3n) is 5.69. The molecule has 5 nitrogen and oxygen atoms in total. The summed E-state index contributed by atoms with van der Waals surface area (Å²) in [6, 6.07) is 21.9. The normalized spacial score (nSPS) is 11.1. The summed E-state index contributed by atoms with van der Waals surface area (Å²) in [5.41, 5.74) is 3.58. The monoisotopic (exact) mass is 453 g/mol. The number of benzene rings is 3. The molecule has 0 aliphatic carbocycles. The van der Waals surface area contributed by atoms with Gasteiger partial charge in [-0.3, -0.25) is 14.7 Å². The van der Waals surface area contributed by atoms with Crippen LogP contribution in [0.4, 0.5) is 5.13 Å². The molecule has 0 unspecified atom stereocenters. The van der Waals surface area contributed by atoms with Crippen LogP contribution in [0.15, 0.2) is 79.1 Å². The Bertz CT molecular complexity index is 1450. The highest BCUT2D eigenvalue weighted by molar-refractivity contribution is 7.22. The first-order valence-electron chi connectivity index (χ1n) is 10.8. The van der Waals surface area contributed by atoms with Crippen LogP contribution in [0.5, 0.6) is 5.75 Å². The van der Waals surface area contributed by atoms with E-state index >= 15 is 0 Å². The van der Waals surface area contributed by atoms with Crippen LogP contribution in [0.1, 0.15) is 28.4 Å². The number of nitrogens with zero attached hydrogens (tertiary/aromatic N) is 3. The van der Waals surface area contributed by atoms with Crippen LogP contribution in [0.2, 0.25) is 0 Å². The molecule has 0 saturated carbocycles. The van der Waals surface area contributed by atoms with E-state index < -0.39 is 0 Å². The largest absolute Gasteiger partial charge is 0.496 e. The lowest BCUT2D eigenvalue weighted by atomic mass is 10.0. The Kier molecular flexibility index (Phi) is 5.75. The van der Waals surface area contributed by atoms with Crippen LogP contribution >= 0.6 is 11.3 Å². The number of carbonyl (C=O) groups excluding carboxylic acids is 1. The third-order valence-corrected chi connectivity index (χ3v) is 6.73. The summed E-state index contributed by atoms with van der Waals surface area (Å²) in [5, 5.41) is 2.67. The molecule has 0 aliphatic rings. The first-order valence-corrected chi connectivity index (χ1v) is 11.6. The first kappa shape index (κ1) is 21.1. The summed E-state index contributed by atoms with van der Waals surface area (Å²) in [5.74, 6) is 0.389. The Morgan fingerprint density at radius 1 is 1.00 bits per heavy atom. The van der Waals surface area contributed by atoms with Crippen molar-refractivity contribution in [1.82, 2.24) is 9.97 Å². The maximum absolute atomic E-state index is 14.0. The zero-order valence-electron chi connectivity index (χ0n) is 18.5. The second kappa shape index (κ2) is 9.00. The van der Waals surface area contributed by atoms with E-state index in [4.69, 9.17) is 9.72 Å². The molecule has 2 heterocycles. The van der Waals surface area contributed by atoms with Crippen molar-refractivity contribution in [2.75, 3.05) is 12.0 Å². The number of hydrogen-bond donors (Lipinski definition) is 0. The van der Waals surface area contributed by atoms with Gasteiger partial charge in [-0.15, -0.1) is 0 Å². The van der Waals surface area contributed by atoms with Gasteiger partial charge in [-0.1, -0.05) is 54.7 Å². The number of carbonyl (C=O) groups is 1. The fraction of sp³-hybridized carbons (Fsp3) is 0.148. The van der Waals surface area contributed by atoms with E-state index in [0.717, 1.165) is 33.0 Å². The summed E-state index contributed by atoms with van der Waals surface area (Å²) in [7, 11) is 1.59. The van der Waals surface area contributed by atoms with Crippen molar-refractivity contribution in [1.29, 1.82) is 0 Å². The quantitative estimate of drug-likeness (QED) is 0.304. The molecule has 3 aromatic carbocycles. The van der Waals surface area contributed by atoms with Crippen molar-refractivity contribution in [3.05, 3.63) is 95.8 Å². The van der Waals surface area contributed by atoms with E-state index in [-0.39, 0.29) is 5.91 Å². The first-order chi connectivity index (χ1) is 16.2. The average Bonchev–Trinajstić information content (AvgIpc) is 3.29. The number of hydrogen-bond acceptors (Lipinski definition) is 5. The smallest absolute Gasteiger partial charge is 0.264 e. The number of thiazole rings is 1. The molecule has 0 N–H and O–H groups in total. The number of rotatable bonds is 6. The predicted octanol–water partition coefficient (Wildman–Crippen LogP) is 6.26. The molecule has 5 aromatic rings. The molecular formula is C27H23N3O2S. The zero-order valence-corrected chi connectivity index (χ0v) is 19.3. The molecule has 0 saturated heterocycles. The lowest BCUT2D eigenvalue weighted by Gasteiger charge is -2.21. The van der Waals surface area contributed by atoms with Crippen LogP contribution in [-0.2, 0) is 13.0 Å². The van der Waals surface area contributed by atoms with Crippen molar-refractivity contribution >= 4 is 43.4 Å². The van der Waals surface area contributed by atoms with Crippen molar-refractivity contribution < 1.29 is 9.53 Å². The van der Waals surface area contributed by atoms with Gasteiger partial charge in [0.05, 0.1) is 29.4 Å². The van der Waals surface area contributed by atoms with E-state index in [1.807, 2.05) is 54.6 Å². The molecule has 0 fully saturated rings. The fourth-order valence-electron chi connectivity index (χ4n) is 3.89. The van der Waals surface area contributed by atoms with Crippen molar-refractivity contribution in [2.24, 2.45) is 0 Å². The number of fused-ring (bicyclic) bond motifs is 2. The van der Waals surface area contributed by atoms with Crippen LogP contribution in [0, 0.1) is 0 Å². The van der Waals surface area contributed by atoms with Crippen LogP contribution in [-0.4, -0.2) is 23.0 Å². The summed E-state index contributed by atoms with van der Waals surface area (Å²) < 4.78 is 6.69. The predicted molar refractivity (Wildman–Crippen MR) is 134 cm³/mol. The SMILES string of the molecule is CCc1ccc2nc(N(Cc3cccnc3)C(=O)c3cc4ccccc4cc3OC)sc2c1. The topological polar surface area (TPSA) is 55.3 Å². The van der Waals surface area contributed by atoms with Crippen LogP contribution in [0.25, 0.3) is 21.0 Å². The molecule has 6 heteroatoms. The minimum atomic E-state index is -0.156. The fourth-order valence-corrected chi connectivity index (χ4v) is 4.92. The lowest BCUT2D eigenvalue weighted by molar-refractivity contribution is 0.0982. The Morgan fingerprint density at radius 2 is 1.82 bits per heavy atom. The number of ether oxygens (including phenoxy) is 1. The summed E-state index contributed by atoms with van der Waals surface area (Å²) in [6.07, 6.45) is 4.46. The number of aromatic nitrogens is 2. The number of amides is 1. The van der Waals surface area contributed by atoms with Gasteiger partial charge in [0.2, 0.25) is 0 Å². The molecule has 2 aromatic heterocycles. The Balaban J connectivity index is 1.63. The van der Waals surface area contributed by atoms with Gasteiger partial charge in [-0.05, 0) is 58.7 Å². The highest BCUT2D eigenvalue weighted by Crippen LogP contribution is 2.34. The highest BCUT2D eigenvalue weighted by atomic mass is 32.1. The van der Waals surface area contributed by atoms with Gasteiger partial charge in [0, 0.05) is 12.4 Å². The minimum Gasteiger partial charge on any atom is -0.496 e. The molecular weight excluding hydrogens is 430 g/mol. The van der Waals surface area contributed by atoms with Gasteiger partial charge in [0.1, 0.15) is 5.75 Å². The molecule has 0 spiro atoms. The van der Waals surface area contributed by atoms with Gasteiger partial charge >= 0.3 is 0 Å². The zero-order chi connectivity index (χ0) is 22.8. The molecule has 0 radical (unpaired) electrons. The lowest BCUT2D eigenvalue weighted by Crippen LogP contribution is -2.30. The van der Waals surface area contributed by atoms with Gasteiger partial charge in [0.25, 0.3) is 5.91 Å². The second-order valence-electron chi connectivity index (χ2n) is 7.80. The van der Waals surface area contributed by atoms with Gasteiger partial charge in [-0.2, -0.15) is 0 Å². The Labute approximate surface area is 196 Å². The Morgan fingerprint density at radius 3 is 2.55 bits per heavy atom. The minimum absolute atomic E-state index is 0.156. The maximum Gasteiger partial charge on any atom is 0.264 e. The highest BCUT2D eigenvalue weighted by Gasteiger charge is 2.25. The molecule has 1 amide bonds. The average molecular weight is 454 g/mol. The van der Waals surface area contributed by atoms with Crippen LogP contribution in [0.3, 0.4) is 0 Å². The van der Waals surface area contributed by atoms with Crippen LogP contribution < -0.4 is 9.64 Å². The molecule has 164 valence electrons. The third kappa shape index (κ3) is 4.17. The van der Waals surface area contributed by atoms with Gasteiger partial charge in [-0.25, -0.2) is 4.98 Å². The van der Waals surface area contributed by atoms with E-state index in [9.17, 15) is 4.79 Å². The second-order valence-corrected chi connectivity index (χ2v) is 8.81. The maximum atomic E-state index is 14.0. The van der Waals surface area contributed by atoms with Crippen molar-refractivity contribution in [3.8, 4) is 5.75 Å². The number of aryl methyl sites for hydroxylation is 1. The van der Waals surface area contributed by atoms with E-state index in [2.05, 4.69) is 24.0 Å². The summed E-state index contributed by atoms with van der Waals surface area (Å²) in [4.78, 5) is 24.7. The molecule has 5 rings (SSSR count). The van der Waals surface area contributed by atoms with E-state index in [1.54, 1.807) is 24.4 Å². The molecule has 0 aliphatic heterocycles. The van der Waals surface area contributed by atoms with Crippen molar-refractivity contribution in [2.45, 2.75) is 19.9 Å². The van der Waals surface area contributed by atoms with Crippen molar-refractivity contribution in [3.63, 3.8) is 0 Å². The molecule has 0 bridgehead atoms. The summed E-state index contributed by atoms with van der Waals surface area (Å²) in [6.45, 7) is 2.50. The van der Waals surface area contributed by atoms with E-state index in [1.165, 1.54) is 16.9 Å². The Hall–Kier alpha value is -3.77. The summed E-state index contributed by atoms with van der Waals surface area (Å²) >= 11 is 1.53. The number of pyridine rings is 1. The number of anilines is 1. The van der Waals surface area contributed by atoms with Gasteiger partial charge in [0.15, 0.2) is 5.13 Å². The molecule has 0 atom stereocenters. The molecule has 33 heavy (non-hydrogen) atoms. The standard InChI is InChI=1S/C27H23N3O2S/c1-3-18-10-11-23-25(13-18)33-27(29-23)30(17-19-7-6-12-28-16-19)26(31)22-14-20-8-4-5-9-21(20)15-24(22)32-2/h4-16H,3,17H2,1-2H3.